The molecule has 1 saturated heterocycles. The van der Waals surface area contributed by atoms with E-state index in [4.69, 9.17) is 16.2 Å². The molecule has 0 bridgehead atoms. The van der Waals surface area contributed by atoms with Crippen LogP contribution in [-0.4, -0.2) is 35.8 Å². The molecule has 0 radical (unpaired) electrons. The van der Waals surface area contributed by atoms with Crippen molar-refractivity contribution in [1.29, 1.82) is 0 Å². The van der Waals surface area contributed by atoms with Gasteiger partial charge in [0, 0.05) is 18.7 Å². The number of benzene rings is 1. The zero-order valence-corrected chi connectivity index (χ0v) is 14.6. The first-order valence-corrected chi connectivity index (χ1v) is 8.92. The van der Waals surface area contributed by atoms with Gasteiger partial charge in [0.25, 0.3) is 0 Å². The number of hydrogen-bond acceptors (Lipinski definition) is 6. The second-order valence-electron chi connectivity index (χ2n) is 6.66. The predicted molar refractivity (Wildman–Crippen MR) is 105 cm³/mol. The minimum atomic E-state index is 0.308. The molecule has 0 saturated carbocycles. The molecule has 1 atom stereocenters. The van der Waals surface area contributed by atoms with Gasteiger partial charge in [-0.3, -0.25) is 4.98 Å². The number of pyridine rings is 2. The monoisotopic (exact) mass is 349 g/mol. The van der Waals surface area contributed by atoms with Crippen molar-refractivity contribution in [3.05, 3.63) is 48.2 Å². The Hall–Kier alpha value is -2.70. The van der Waals surface area contributed by atoms with E-state index in [-0.39, 0.29) is 0 Å². The molecule has 1 fully saturated rings. The van der Waals surface area contributed by atoms with Gasteiger partial charge in [0.05, 0.1) is 35.6 Å². The molecule has 0 spiro atoms. The first kappa shape index (κ1) is 16.8. The fourth-order valence-corrected chi connectivity index (χ4v) is 3.30. The van der Waals surface area contributed by atoms with Crippen LogP contribution in [0.1, 0.15) is 12.0 Å². The molecule has 5 N–H and O–H groups in total. The Morgan fingerprint density at radius 3 is 2.73 bits per heavy atom. The summed E-state index contributed by atoms with van der Waals surface area (Å²) in [7, 11) is 0. The predicted octanol–water partition coefficient (Wildman–Crippen LogP) is 2.38. The zero-order chi connectivity index (χ0) is 17.9. The molecule has 0 amide bonds. The Bertz CT molecular complexity index is 904. The summed E-state index contributed by atoms with van der Waals surface area (Å²) in [5.74, 6) is 0.485. The molecule has 3 aromatic rings. The first-order valence-electron chi connectivity index (χ1n) is 8.92. The topological polar surface area (TPSA) is 99.1 Å². The van der Waals surface area contributed by atoms with Crippen molar-refractivity contribution >= 4 is 22.5 Å². The van der Waals surface area contributed by atoms with E-state index in [0.29, 0.717) is 23.1 Å². The van der Waals surface area contributed by atoms with E-state index >= 15 is 0 Å². The van der Waals surface area contributed by atoms with Gasteiger partial charge in [0.1, 0.15) is 5.82 Å². The molecular weight excluding hydrogens is 326 g/mol. The third-order valence-corrected chi connectivity index (χ3v) is 4.74. The summed E-state index contributed by atoms with van der Waals surface area (Å²) >= 11 is 0. The van der Waals surface area contributed by atoms with Crippen molar-refractivity contribution in [2.45, 2.75) is 18.9 Å². The van der Waals surface area contributed by atoms with Crippen molar-refractivity contribution in [3.63, 3.8) is 0 Å². The number of rotatable bonds is 4. The van der Waals surface area contributed by atoms with E-state index in [9.17, 15) is 0 Å². The van der Waals surface area contributed by atoms with Crippen LogP contribution in [-0.2, 0) is 11.2 Å². The number of aryl methyl sites for hydroxylation is 1. The fraction of sp³-hybridized carbons (Fsp3) is 0.300. The van der Waals surface area contributed by atoms with Crippen molar-refractivity contribution in [2.24, 2.45) is 0 Å². The van der Waals surface area contributed by atoms with Crippen molar-refractivity contribution in [1.82, 2.24) is 15.3 Å². The van der Waals surface area contributed by atoms with Crippen molar-refractivity contribution in [3.8, 4) is 11.1 Å². The highest BCUT2D eigenvalue weighted by atomic mass is 16.5. The van der Waals surface area contributed by atoms with Crippen LogP contribution in [0.2, 0.25) is 0 Å². The van der Waals surface area contributed by atoms with Gasteiger partial charge in [-0.1, -0.05) is 24.3 Å². The van der Waals surface area contributed by atoms with E-state index in [1.165, 1.54) is 5.56 Å². The molecule has 0 aliphatic carbocycles. The molecule has 3 heterocycles. The number of nitrogens with two attached hydrogens (primary N) is 2. The SMILES string of the molecule is Nc1cnc2cc(-c3ccc(CCC4CNCCO4)cc3)c(N)nc2c1. The van der Waals surface area contributed by atoms with Gasteiger partial charge in [0.2, 0.25) is 0 Å². The summed E-state index contributed by atoms with van der Waals surface area (Å²) in [5, 5.41) is 3.37. The molecule has 26 heavy (non-hydrogen) atoms. The smallest absolute Gasteiger partial charge is 0.132 e. The summed E-state index contributed by atoms with van der Waals surface area (Å²) in [6.45, 7) is 2.69. The molecule has 6 nitrogen and oxygen atoms in total. The minimum absolute atomic E-state index is 0.308. The molecule has 1 unspecified atom stereocenters. The Morgan fingerprint density at radius 1 is 1.12 bits per heavy atom. The number of nitrogens with one attached hydrogen (secondary N) is 1. The largest absolute Gasteiger partial charge is 0.397 e. The van der Waals surface area contributed by atoms with Crippen molar-refractivity contribution in [2.75, 3.05) is 31.2 Å². The Kier molecular flexibility index (Phi) is 4.69. The van der Waals surface area contributed by atoms with Gasteiger partial charge in [0.15, 0.2) is 0 Å². The first-order chi connectivity index (χ1) is 12.7. The highest BCUT2D eigenvalue weighted by molar-refractivity contribution is 5.87. The molecule has 1 aliphatic rings. The Morgan fingerprint density at radius 2 is 1.96 bits per heavy atom. The summed E-state index contributed by atoms with van der Waals surface area (Å²) < 4.78 is 5.75. The normalized spacial score (nSPS) is 17.5. The third kappa shape index (κ3) is 3.61. The lowest BCUT2D eigenvalue weighted by Crippen LogP contribution is -2.38. The number of nitrogen functional groups attached to an aromatic ring is 2. The number of anilines is 2. The van der Waals surface area contributed by atoms with E-state index in [2.05, 4.69) is 39.6 Å². The second-order valence-corrected chi connectivity index (χ2v) is 6.66. The van der Waals surface area contributed by atoms with Gasteiger partial charge >= 0.3 is 0 Å². The van der Waals surface area contributed by atoms with Gasteiger partial charge in [-0.05, 0) is 36.1 Å². The fourth-order valence-electron chi connectivity index (χ4n) is 3.30. The highest BCUT2D eigenvalue weighted by Crippen LogP contribution is 2.28. The number of aromatic nitrogens is 2. The average Bonchev–Trinajstić information content (AvgIpc) is 2.67. The van der Waals surface area contributed by atoms with Gasteiger partial charge in [-0.15, -0.1) is 0 Å². The number of hydrogen-bond donors (Lipinski definition) is 3. The van der Waals surface area contributed by atoms with Crippen LogP contribution >= 0.6 is 0 Å². The molecule has 4 rings (SSSR count). The van der Waals surface area contributed by atoms with E-state index in [1.807, 2.05) is 6.07 Å². The number of morpholine rings is 1. The van der Waals surface area contributed by atoms with Crippen LogP contribution in [0.5, 0.6) is 0 Å². The quantitative estimate of drug-likeness (QED) is 0.669. The number of ether oxygens (including phenoxy) is 1. The average molecular weight is 349 g/mol. The van der Waals surface area contributed by atoms with E-state index < -0.39 is 0 Å². The maximum absolute atomic E-state index is 6.16. The molecule has 134 valence electrons. The third-order valence-electron chi connectivity index (χ3n) is 4.74. The van der Waals surface area contributed by atoms with Crippen LogP contribution < -0.4 is 16.8 Å². The van der Waals surface area contributed by atoms with Crippen LogP contribution in [0, 0.1) is 0 Å². The Labute approximate surface area is 152 Å². The molecule has 6 heteroatoms. The van der Waals surface area contributed by atoms with Crippen molar-refractivity contribution < 1.29 is 4.74 Å². The highest BCUT2D eigenvalue weighted by Gasteiger charge is 2.13. The maximum Gasteiger partial charge on any atom is 0.132 e. The molecule has 1 aliphatic heterocycles. The number of fused-ring (bicyclic) bond motifs is 1. The lowest BCUT2D eigenvalue weighted by molar-refractivity contribution is 0.0238. The van der Waals surface area contributed by atoms with Crippen LogP contribution in [0.3, 0.4) is 0 Å². The summed E-state index contributed by atoms with van der Waals surface area (Å²) in [6.07, 6.45) is 3.97. The second kappa shape index (κ2) is 7.27. The zero-order valence-electron chi connectivity index (χ0n) is 14.6. The lowest BCUT2D eigenvalue weighted by atomic mass is 10.0. The van der Waals surface area contributed by atoms with Crippen LogP contribution in [0.15, 0.2) is 42.6 Å². The van der Waals surface area contributed by atoms with Crippen LogP contribution in [0.25, 0.3) is 22.2 Å². The van der Waals surface area contributed by atoms with Crippen LogP contribution in [0.4, 0.5) is 11.5 Å². The van der Waals surface area contributed by atoms with E-state index in [0.717, 1.165) is 49.2 Å². The molecule has 1 aromatic carbocycles. The lowest BCUT2D eigenvalue weighted by Gasteiger charge is -2.23. The Balaban J connectivity index is 1.51. The standard InChI is InChI=1S/C20H23N5O/c21-15-9-19-18(24-11-15)10-17(20(22)25-19)14-4-1-13(2-5-14)3-6-16-12-23-7-8-26-16/h1-2,4-5,9-11,16,23H,3,6-8,12,21H2,(H2,22,25). The summed E-state index contributed by atoms with van der Waals surface area (Å²) in [6, 6.07) is 12.2. The summed E-state index contributed by atoms with van der Waals surface area (Å²) in [4.78, 5) is 8.79. The number of nitrogens with zero attached hydrogens (tertiary/aromatic N) is 2. The maximum atomic E-state index is 6.16. The van der Waals surface area contributed by atoms with Gasteiger partial charge < -0.3 is 21.5 Å². The van der Waals surface area contributed by atoms with Gasteiger partial charge in [-0.25, -0.2) is 4.98 Å². The van der Waals surface area contributed by atoms with Gasteiger partial charge in [-0.2, -0.15) is 0 Å². The molecular formula is C20H23N5O. The minimum Gasteiger partial charge on any atom is -0.397 e. The summed E-state index contributed by atoms with van der Waals surface area (Å²) in [5.41, 5.74) is 17.2. The van der Waals surface area contributed by atoms with E-state index in [1.54, 1.807) is 12.3 Å². The molecule has 2 aromatic heterocycles.